The number of aryl methyl sites for hydroxylation is 1. The summed E-state index contributed by atoms with van der Waals surface area (Å²) in [6.07, 6.45) is 6.11. The lowest BCUT2D eigenvalue weighted by atomic mass is 9.82. The van der Waals surface area contributed by atoms with Gasteiger partial charge in [-0.2, -0.15) is 0 Å². The number of imidazole rings is 1. The molecule has 1 aromatic rings. The van der Waals surface area contributed by atoms with Gasteiger partial charge in [-0.3, -0.25) is 0 Å². The van der Waals surface area contributed by atoms with Crippen LogP contribution in [-0.4, -0.2) is 9.97 Å². The molecule has 0 atom stereocenters. The topological polar surface area (TPSA) is 28.7 Å². The van der Waals surface area contributed by atoms with Crippen molar-refractivity contribution in [2.45, 2.75) is 40.5 Å². The Labute approximate surface area is 87.1 Å². The van der Waals surface area contributed by atoms with Crippen molar-refractivity contribution in [3.05, 3.63) is 18.2 Å². The Hall–Kier alpha value is -0.790. The molecule has 80 valence electrons. The lowest BCUT2D eigenvalue weighted by molar-refractivity contribution is 0.269. The third-order valence-electron chi connectivity index (χ3n) is 3.00. The lowest BCUT2D eigenvalue weighted by Crippen LogP contribution is -2.16. The first kappa shape index (κ1) is 11.3. The van der Waals surface area contributed by atoms with E-state index in [-0.39, 0.29) is 0 Å². The Kier molecular flexibility index (Phi) is 4.18. The smallest absolute Gasteiger partial charge is 0.0923 e. The van der Waals surface area contributed by atoms with Gasteiger partial charge < -0.3 is 4.98 Å². The van der Waals surface area contributed by atoms with Crippen molar-refractivity contribution in [2.75, 3.05) is 0 Å². The second kappa shape index (κ2) is 5.18. The molecule has 0 bridgehead atoms. The number of aromatic nitrogens is 2. The average molecular weight is 194 g/mol. The molecule has 0 aromatic carbocycles. The molecule has 0 saturated carbocycles. The Morgan fingerprint density at radius 1 is 1.21 bits per heavy atom. The number of H-pyrrole nitrogens is 1. The van der Waals surface area contributed by atoms with E-state index < -0.39 is 0 Å². The SMILES string of the molecule is CC(C)C(CCc1c[nH]cn1)C(C)C. The normalized spacial score (nSPS) is 11.9. The minimum absolute atomic E-state index is 0.772. The number of nitrogens with one attached hydrogen (secondary N) is 1. The van der Waals surface area contributed by atoms with E-state index in [9.17, 15) is 0 Å². The van der Waals surface area contributed by atoms with E-state index in [0.717, 1.165) is 24.2 Å². The Morgan fingerprint density at radius 3 is 2.29 bits per heavy atom. The first-order valence-electron chi connectivity index (χ1n) is 5.59. The second-order valence-electron chi connectivity index (χ2n) is 4.75. The van der Waals surface area contributed by atoms with Crippen molar-refractivity contribution in [1.82, 2.24) is 9.97 Å². The standard InChI is InChI=1S/C12H22N2/c1-9(2)12(10(3)4)6-5-11-7-13-8-14-11/h7-10,12H,5-6H2,1-4H3,(H,13,14). The van der Waals surface area contributed by atoms with Gasteiger partial charge in [-0.1, -0.05) is 27.7 Å². The van der Waals surface area contributed by atoms with E-state index in [2.05, 4.69) is 37.7 Å². The predicted octanol–water partition coefficient (Wildman–Crippen LogP) is 3.27. The summed E-state index contributed by atoms with van der Waals surface area (Å²) in [5.41, 5.74) is 1.19. The summed E-state index contributed by atoms with van der Waals surface area (Å²) in [6, 6.07) is 0. The Balaban J connectivity index is 2.41. The highest BCUT2D eigenvalue weighted by Gasteiger charge is 2.17. The average Bonchev–Trinajstić information content (AvgIpc) is 2.55. The summed E-state index contributed by atoms with van der Waals surface area (Å²) in [6.45, 7) is 9.26. The molecular formula is C12H22N2. The van der Waals surface area contributed by atoms with Gasteiger partial charge in [-0.05, 0) is 30.6 Å². The van der Waals surface area contributed by atoms with Crippen molar-refractivity contribution in [1.29, 1.82) is 0 Å². The molecule has 0 radical (unpaired) electrons. The number of rotatable bonds is 5. The molecule has 0 aliphatic rings. The number of nitrogens with zero attached hydrogens (tertiary/aromatic N) is 1. The van der Waals surface area contributed by atoms with Crippen LogP contribution in [0.2, 0.25) is 0 Å². The van der Waals surface area contributed by atoms with E-state index >= 15 is 0 Å². The third-order valence-corrected chi connectivity index (χ3v) is 3.00. The number of hydrogen-bond donors (Lipinski definition) is 1. The van der Waals surface area contributed by atoms with Crippen LogP contribution in [-0.2, 0) is 6.42 Å². The van der Waals surface area contributed by atoms with Gasteiger partial charge in [0.2, 0.25) is 0 Å². The van der Waals surface area contributed by atoms with Crippen LogP contribution in [0.4, 0.5) is 0 Å². The molecule has 14 heavy (non-hydrogen) atoms. The van der Waals surface area contributed by atoms with Crippen molar-refractivity contribution in [2.24, 2.45) is 17.8 Å². The molecule has 0 unspecified atom stereocenters. The largest absolute Gasteiger partial charge is 0.351 e. The van der Waals surface area contributed by atoms with Gasteiger partial charge in [0.1, 0.15) is 0 Å². The molecule has 0 spiro atoms. The van der Waals surface area contributed by atoms with E-state index in [4.69, 9.17) is 0 Å². The fraction of sp³-hybridized carbons (Fsp3) is 0.750. The molecule has 1 N–H and O–H groups in total. The van der Waals surface area contributed by atoms with Gasteiger partial charge >= 0.3 is 0 Å². The molecular weight excluding hydrogens is 172 g/mol. The van der Waals surface area contributed by atoms with Crippen LogP contribution < -0.4 is 0 Å². The molecule has 0 fully saturated rings. The van der Waals surface area contributed by atoms with Gasteiger partial charge in [0.05, 0.1) is 12.0 Å². The van der Waals surface area contributed by atoms with Crippen molar-refractivity contribution < 1.29 is 0 Å². The monoisotopic (exact) mass is 194 g/mol. The molecule has 1 heterocycles. The van der Waals surface area contributed by atoms with Crippen LogP contribution in [0.5, 0.6) is 0 Å². The fourth-order valence-corrected chi connectivity index (χ4v) is 2.18. The molecule has 0 aliphatic heterocycles. The highest BCUT2D eigenvalue weighted by atomic mass is 14.9. The summed E-state index contributed by atoms with van der Waals surface area (Å²) in [7, 11) is 0. The fourth-order valence-electron chi connectivity index (χ4n) is 2.18. The van der Waals surface area contributed by atoms with E-state index in [1.807, 2.05) is 6.20 Å². The molecule has 0 aliphatic carbocycles. The second-order valence-corrected chi connectivity index (χ2v) is 4.75. The van der Waals surface area contributed by atoms with E-state index in [1.54, 1.807) is 6.33 Å². The maximum atomic E-state index is 4.25. The molecule has 1 aromatic heterocycles. The zero-order chi connectivity index (χ0) is 10.6. The van der Waals surface area contributed by atoms with E-state index in [1.165, 1.54) is 12.1 Å². The molecule has 1 rings (SSSR count). The maximum absolute atomic E-state index is 4.25. The van der Waals surface area contributed by atoms with Crippen LogP contribution in [0.1, 0.15) is 39.8 Å². The zero-order valence-corrected chi connectivity index (χ0v) is 9.75. The maximum Gasteiger partial charge on any atom is 0.0923 e. The van der Waals surface area contributed by atoms with Crippen molar-refractivity contribution in [3.63, 3.8) is 0 Å². The number of hydrogen-bond acceptors (Lipinski definition) is 1. The summed E-state index contributed by atoms with van der Waals surface area (Å²) in [4.78, 5) is 7.25. The van der Waals surface area contributed by atoms with Gasteiger partial charge in [-0.25, -0.2) is 4.98 Å². The summed E-state index contributed by atoms with van der Waals surface area (Å²) >= 11 is 0. The Bertz CT molecular complexity index is 229. The van der Waals surface area contributed by atoms with Crippen LogP contribution in [0, 0.1) is 17.8 Å². The van der Waals surface area contributed by atoms with Gasteiger partial charge in [-0.15, -0.1) is 0 Å². The first-order chi connectivity index (χ1) is 6.61. The first-order valence-corrected chi connectivity index (χ1v) is 5.59. The molecule has 2 nitrogen and oxygen atoms in total. The summed E-state index contributed by atoms with van der Waals surface area (Å²) in [5.74, 6) is 2.36. The highest BCUT2D eigenvalue weighted by Crippen LogP contribution is 2.25. The molecule has 0 saturated heterocycles. The van der Waals surface area contributed by atoms with Gasteiger partial charge in [0, 0.05) is 6.20 Å². The minimum Gasteiger partial charge on any atom is -0.351 e. The van der Waals surface area contributed by atoms with Crippen LogP contribution in [0.15, 0.2) is 12.5 Å². The quantitative estimate of drug-likeness (QED) is 0.765. The third kappa shape index (κ3) is 3.17. The Morgan fingerprint density at radius 2 is 1.86 bits per heavy atom. The molecule has 0 amide bonds. The van der Waals surface area contributed by atoms with Crippen molar-refractivity contribution >= 4 is 0 Å². The van der Waals surface area contributed by atoms with E-state index in [0.29, 0.717) is 0 Å². The van der Waals surface area contributed by atoms with Gasteiger partial charge in [0.25, 0.3) is 0 Å². The van der Waals surface area contributed by atoms with Crippen LogP contribution >= 0.6 is 0 Å². The van der Waals surface area contributed by atoms with Crippen molar-refractivity contribution in [3.8, 4) is 0 Å². The molecule has 2 heteroatoms. The zero-order valence-electron chi connectivity index (χ0n) is 9.75. The minimum atomic E-state index is 0.772. The highest BCUT2D eigenvalue weighted by molar-refractivity contribution is 4.94. The lowest BCUT2D eigenvalue weighted by Gasteiger charge is -2.24. The van der Waals surface area contributed by atoms with Crippen LogP contribution in [0.25, 0.3) is 0 Å². The predicted molar refractivity (Wildman–Crippen MR) is 60.1 cm³/mol. The summed E-state index contributed by atoms with van der Waals surface area (Å²) in [5, 5.41) is 0. The van der Waals surface area contributed by atoms with Gasteiger partial charge in [0.15, 0.2) is 0 Å². The number of aromatic amines is 1. The van der Waals surface area contributed by atoms with Crippen LogP contribution in [0.3, 0.4) is 0 Å². The summed E-state index contributed by atoms with van der Waals surface area (Å²) < 4.78 is 0.